The number of aliphatic hydroxyl groups is 1. The number of nitrogens with zero attached hydrogens (tertiary/aromatic N) is 3. The Labute approximate surface area is 111 Å². The third-order valence-corrected chi connectivity index (χ3v) is 2.45. The van der Waals surface area contributed by atoms with Gasteiger partial charge in [0.1, 0.15) is 13.1 Å². The van der Waals surface area contributed by atoms with Crippen molar-refractivity contribution in [2.24, 2.45) is 0 Å². The predicted octanol–water partition coefficient (Wildman–Crippen LogP) is 1.62. The van der Waals surface area contributed by atoms with Gasteiger partial charge in [-0.25, -0.2) is 4.79 Å². The highest BCUT2D eigenvalue weighted by Crippen LogP contribution is 2.15. The maximum Gasteiger partial charge on any atom is 0.323 e. The molecule has 0 bridgehead atoms. The third-order valence-electron chi connectivity index (χ3n) is 2.45. The molecule has 0 heterocycles. The van der Waals surface area contributed by atoms with Crippen LogP contribution in [0.25, 0.3) is 0 Å². The Balaban J connectivity index is 2.70. The summed E-state index contributed by atoms with van der Waals surface area (Å²) in [5, 5.41) is 29.1. The first-order valence-corrected chi connectivity index (χ1v) is 5.66. The van der Waals surface area contributed by atoms with E-state index in [0.717, 1.165) is 10.5 Å². The summed E-state index contributed by atoms with van der Waals surface area (Å²) in [6.45, 7) is 1.35. The maximum atomic E-state index is 11.8. The molecule has 1 aromatic carbocycles. The van der Waals surface area contributed by atoms with Crippen molar-refractivity contribution in [2.75, 3.05) is 18.4 Å². The fourth-order valence-electron chi connectivity index (χ4n) is 1.42. The summed E-state index contributed by atoms with van der Waals surface area (Å²) in [6.07, 6.45) is -0.571. The topological polar surface area (TPSA) is 100 Å². The predicted molar refractivity (Wildman–Crippen MR) is 68.9 cm³/mol. The number of amides is 2. The van der Waals surface area contributed by atoms with Gasteiger partial charge >= 0.3 is 6.03 Å². The summed E-state index contributed by atoms with van der Waals surface area (Å²) in [6, 6.07) is 9.83. The lowest BCUT2D eigenvalue weighted by atomic mass is 10.1. The second kappa shape index (κ2) is 7.00. The van der Waals surface area contributed by atoms with Crippen LogP contribution in [0.3, 0.4) is 0 Å². The molecule has 1 rings (SSSR count). The Morgan fingerprint density at radius 1 is 1.32 bits per heavy atom. The van der Waals surface area contributed by atoms with Gasteiger partial charge in [0.25, 0.3) is 0 Å². The van der Waals surface area contributed by atoms with E-state index in [4.69, 9.17) is 10.5 Å². The molecular weight excluding hydrogens is 244 g/mol. The van der Waals surface area contributed by atoms with E-state index in [1.54, 1.807) is 31.2 Å². The summed E-state index contributed by atoms with van der Waals surface area (Å²) in [5.74, 6) is 0. The minimum Gasteiger partial charge on any atom is -0.389 e. The Morgan fingerprint density at radius 2 is 1.84 bits per heavy atom. The van der Waals surface area contributed by atoms with Crippen LogP contribution in [0, 0.1) is 22.7 Å². The first-order chi connectivity index (χ1) is 9.08. The van der Waals surface area contributed by atoms with E-state index in [1.165, 1.54) is 0 Å². The number of hydrogen-bond acceptors (Lipinski definition) is 4. The molecule has 1 aromatic rings. The number of carbonyl (C=O) groups excluding carboxylic acids is 1. The van der Waals surface area contributed by atoms with Gasteiger partial charge in [-0.1, -0.05) is 12.1 Å². The van der Waals surface area contributed by atoms with E-state index >= 15 is 0 Å². The maximum absolute atomic E-state index is 11.8. The molecule has 2 amide bonds. The van der Waals surface area contributed by atoms with Crippen molar-refractivity contribution in [1.29, 1.82) is 10.5 Å². The number of hydrogen-bond donors (Lipinski definition) is 2. The van der Waals surface area contributed by atoms with E-state index in [-0.39, 0.29) is 13.1 Å². The van der Waals surface area contributed by atoms with Crippen molar-refractivity contribution in [3.63, 3.8) is 0 Å². The number of anilines is 1. The van der Waals surface area contributed by atoms with Gasteiger partial charge in [-0.2, -0.15) is 10.5 Å². The molecule has 2 N–H and O–H groups in total. The summed E-state index contributed by atoms with van der Waals surface area (Å²) in [5.41, 5.74) is 1.28. The molecular formula is C13H14N4O2. The molecule has 0 aliphatic rings. The average molecular weight is 258 g/mol. The van der Waals surface area contributed by atoms with E-state index in [2.05, 4.69) is 5.32 Å². The van der Waals surface area contributed by atoms with Crippen LogP contribution in [0.2, 0.25) is 0 Å². The molecule has 19 heavy (non-hydrogen) atoms. The second-order valence-electron chi connectivity index (χ2n) is 3.90. The van der Waals surface area contributed by atoms with Gasteiger partial charge in [-0.3, -0.25) is 4.90 Å². The molecule has 98 valence electrons. The molecule has 0 radical (unpaired) electrons. The zero-order valence-corrected chi connectivity index (χ0v) is 10.5. The first-order valence-electron chi connectivity index (χ1n) is 5.66. The molecule has 6 nitrogen and oxygen atoms in total. The van der Waals surface area contributed by atoms with Gasteiger partial charge in [-0.05, 0) is 24.6 Å². The molecule has 1 unspecified atom stereocenters. The summed E-state index contributed by atoms with van der Waals surface area (Å²) >= 11 is 0. The number of nitriles is 2. The highest BCUT2D eigenvalue weighted by atomic mass is 16.3. The summed E-state index contributed by atoms with van der Waals surface area (Å²) in [4.78, 5) is 12.9. The molecule has 0 aromatic heterocycles. The van der Waals surface area contributed by atoms with Crippen molar-refractivity contribution in [3.05, 3.63) is 29.8 Å². The molecule has 0 saturated heterocycles. The molecule has 0 saturated carbocycles. The lowest BCUT2D eigenvalue weighted by molar-refractivity contribution is 0.199. The Hall–Kier alpha value is -2.57. The van der Waals surface area contributed by atoms with Crippen LogP contribution in [-0.2, 0) is 0 Å². The van der Waals surface area contributed by atoms with Gasteiger partial charge in [0.15, 0.2) is 0 Å². The number of rotatable bonds is 4. The van der Waals surface area contributed by atoms with Crippen molar-refractivity contribution >= 4 is 11.7 Å². The molecule has 0 spiro atoms. The van der Waals surface area contributed by atoms with Gasteiger partial charge in [0, 0.05) is 5.69 Å². The Bertz CT molecular complexity index is 495. The molecule has 1 atom stereocenters. The first kappa shape index (κ1) is 14.5. The van der Waals surface area contributed by atoms with Crippen LogP contribution >= 0.6 is 0 Å². The van der Waals surface area contributed by atoms with E-state index in [9.17, 15) is 9.90 Å². The minimum atomic E-state index is -0.571. The SMILES string of the molecule is CC(O)c1ccc(NC(=O)N(CC#N)CC#N)cc1. The van der Waals surface area contributed by atoms with Crippen LogP contribution in [-0.4, -0.2) is 29.1 Å². The fourth-order valence-corrected chi connectivity index (χ4v) is 1.42. The number of carbonyl (C=O) groups is 1. The van der Waals surface area contributed by atoms with Gasteiger partial charge in [0.2, 0.25) is 0 Å². The third kappa shape index (κ3) is 4.30. The van der Waals surface area contributed by atoms with Crippen LogP contribution in [0.5, 0.6) is 0 Å². The minimum absolute atomic E-state index is 0.148. The Morgan fingerprint density at radius 3 is 2.26 bits per heavy atom. The molecule has 6 heteroatoms. The second-order valence-corrected chi connectivity index (χ2v) is 3.90. The highest BCUT2D eigenvalue weighted by molar-refractivity contribution is 5.89. The number of nitrogens with one attached hydrogen (secondary N) is 1. The number of aliphatic hydroxyl groups excluding tert-OH is 1. The van der Waals surface area contributed by atoms with E-state index < -0.39 is 12.1 Å². The fraction of sp³-hybridized carbons (Fsp3) is 0.308. The normalized spacial score (nSPS) is 10.9. The highest BCUT2D eigenvalue weighted by Gasteiger charge is 2.12. The van der Waals surface area contributed by atoms with Crippen molar-refractivity contribution < 1.29 is 9.90 Å². The van der Waals surface area contributed by atoms with Crippen LogP contribution < -0.4 is 5.32 Å². The van der Waals surface area contributed by atoms with E-state index in [1.807, 2.05) is 12.1 Å². The van der Waals surface area contributed by atoms with Crippen LogP contribution in [0.15, 0.2) is 24.3 Å². The zero-order chi connectivity index (χ0) is 14.3. The van der Waals surface area contributed by atoms with Crippen molar-refractivity contribution in [1.82, 2.24) is 4.90 Å². The number of benzene rings is 1. The smallest absolute Gasteiger partial charge is 0.323 e. The largest absolute Gasteiger partial charge is 0.389 e. The zero-order valence-electron chi connectivity index (χ0n) is 10.5. The monoisotopic (exact) mass is 258 g/mol. The lowest BCUT2D eigenvalue weighted by Gasteiger charge is -2.16. The van der Waals surface area contributed by atoms with Crippen molar-refractivity contribution in [3.8, 4) is 12.1 Å². The van der Waals surface area contributed by atoms with E-state index in [0.29, 0.717) is 5.69 Å². The van der Waals surface area contributed by atoms with Gasteiger partial charge < -0.3 is 10.4 Å². The standard InChI is InChI=1S/C13H14N4O2/c1-10(18)11-2-4-12(5-3-11)16-13(19)17(8-6-14)9-7-15/h2-5,10,18H,8-9H2,1H3,(H,16,19). The lowest BCUT2D eigenvalue weighted by Crippen LogP contribution is -2.35. The van der Waals surface area contributed by atoms with Crippen molar-refractivity contribution in [2.45, 2.75) is 13.0 Å². The average Bonchev–Trinajstić information content (AvgIpc) is 2.39. The summed E-state index contributed by atoms with van der Waals surface area (Å²) < 4.78 is 0. The van der Waals surface area contributed by atoms with Crippen LogP contribution in [0.1, 0.15) is 18.6 Å². The summed E-state index contributed by atoms with van der Waals surface area (Å²) in [7, 11) is 0. The molecule has 0 fully saturated rings. The quantitative estimate of drug-likeness (QED) is 0.801. The van der Waals surface area contributed by atoms with Gasteiger partial charge in [-0.15, -0.1) is 0 Å². The molecule has 0 aliphatic heterocycles. The molecule has 0 aliphatic carbocycles. The number of urea groups is 1. The Kier molecular flexibility index (Phi) is 5.34. The van der Waals surface area contributed by atoms with Gasteiger partial charge in [0.05, 0.1) is 18.2 Å². The van der Waals surface area contributed by atoms with Crippen LogP contribution in [0.4, 0.5) is 10.5 Å².